The minimum absolute atomic E-state index is 0.192. The molecule has 0 aliphatic carbocycles. The van der Waals surface area contributed by atoms with E-state index in [1.54, 1.807) is 0 Å². The second-order valence-electron chi connectivity index (χ2n) is 3.66. The summed E-state index contributed by atoms with van der Waals surface area (Å²) in [5, 5.41) is 7.40. The van der Waals surface area contributed by atoms with E-state index in [0.29, 0.717) is 13.0 Å². The van der Waals surface area contributed by atoms with Crippen molar-refractivity contribution in [1.29, 1.82) is 0 Å². The molecule has 0 fully saturated rings. The van der Waals surface area contributed by atoms with Crippen LogP contribution in [0.2, 0.25) is 0 Å². The molecule has 0 aliphatic rings. The lowest BCUT2D eigenvalue weighted by Crippen LogP contribution is -2.24. The molecule has 1 N–H and O–H groups in total. The number of hydrogen-bond acceptors (Lipinski definition) is 3. The maximum atomic E-state index is 11.7. The minimum Gasteiger partial charge on any atom is -0.310 e. The molecule has 0 aliphatic heterocycles. The molecule has 0 unspecified atom stereocenters. The van der Waals surface area contributed by atoms with E-state index in [0.717, 1.165) is 29.0 Å². The number of carbonyl (C=O) groups excluding carboxylic acids is 1. The average molecular weight is 288 g/mol. The summed E-state index contributed by atoms with van der Waals surface area (Å²) in [6, 6.07) is 0. The number of Topliss-reactive ketones (excluding diaryl/α,β-unsaturated/α-hetero) is 1. The molecule has 0 aromatic carbocycles. The number of carbonyl (C=O) groups is 1. The number of aromatic nitrogens is 2. The van der Waals surface area contributed by atoms with Gasteiger partial charge >= 0.3 is 0 Å². The molecule has 16 heavy (non-hydrogen) atoms. The molecule has 0 bridgehead atoms. The predicted octanol–water partition coefficient (Wildman–Crippen LogP) is 1.70. The molecule has 0 amide bonds. The fraction of sp³-hybridized carbons (Fsp3) is 0.636. The van der Waals surface area contributed by atoms with Gasteiger partial charge in [-0.3, -0.25) is 9.48 Å². The van der Waals surface area contributed by atoms with Crippen LogP contribution in [0.15, 0.2) is 4.47 Å². The summed E-state index contributed by atoms with van der Waals surface area (Å²) >= 11 is 3.48. The molecule has 0 radical (unpaired) electrons. The zero-order valence-corrected chi connectivity index (χ0v) is 11.6. The molecule has 0 saturated heterocycles. The van der Waals surface area contributed by atoms with Crippen molar-refractivity contribution >= 4 is 21.7 Å². The smallest absolute Gasteiger partial charge is 0.152 e. The Morgan fingerprint density at radius 3 is 2.75 bits per heavy atom. The lowest BCUT2D eigenvalue weighted by atomic mass is 10.2. The Kier molecular flexibility index (Phi) is 5.15. The average Bonchev–Trinajstić information content (AvgIpc) is 2.54. The Labute approximate surface area is 105 Å². The lowest BCUT2D eigenvalue weighted by Gasteiger charge is -2.05. The third-order valence-electron chi connectivity index (χ3n) is 2.39. The fourth-order valence-electron chi connectivity index (χ4n) is 1.55. The summed E-state index contributed by atoms with van der Waals surface area (Å²) in [4.78, 5) is 11.7. The van der Waals surface area contributed by atoms with Crippen molar-refractivity contribution in [3.8, 4) is 0 Å². The molecule has 0 atom stereocenters. The first-order valence-electron chi connectivity index (χ1n) is 5.54. The van der Waals surface area contributed by atoms with Gasteiger partial charge in [0.2, 0.25) is 0 Å². The number of aryl methyl sites for hydroxylation is 2. The Morgan fingerprint density at radius 1 is 1.50 bits per heavy atom. The van der Waals surface area contributed by atoms with E-state index in [1.807, 2.05) is 25.5 Å². The van der Waals surface area contributed by atoms with Crippen molar-refractivity contribution in [2.45, 2.75) is 33.7 Å². The molecule has 0 spiro atoms. The highest BCUT2D eigenvalue weighted by Crippen LogP contribution is 2.21. The minimum atomic E-state index is 0.192. The molecule has 5 heteroatoms. The number of halogens is 1. The monoisotopic (exact) mass is 287 g/mol. The third kappa shape index (κ3) is 3.15. The van der Waals surface area contributed by atoms with Crippen LogP contribution in [0.25, 0.3) is 0 Å². The van der Waals surface area contributed by atoms with Crippen molar-refractivity contribution in [2.24, 2.45) is 0 Å². The van der Waals surface area contributed by atoms with Gasteiger partial charge in [0.15, 0.2) is 5.78 Å². The van der Waals surface area contributed by atoms with Gasteiger partial charge in [-0.25, -0.2) is 0 Å². The summed E-state index contributed by atoms with van der Waals surface area (Å²) in [5.74, 6) is 0.192. The quantitative estimate of drug-likeness (QED) is 0.866. The highest BCUT2D eigenvalue weighted by Gasteiger charge is 2.14. The van der Waals surface area contributed by atoms with Crippen LogP contribution >= 0.6 is 15.9 Å². The van der Waals surface area contributed by atoms with Crippen molar-refractivity contribution < 1.29 is 4.79 Å². The maximum absolute atomic E-state index is 11.7. The molecule has 1 aromatic heterocycles. The Hall–Kier alpha value is -0.680. The topological polar surface area (TPSA) is 46.9 Å². The highest BCUT2D eigenvalue weighted by molar-refractivity contribution is 9.10. The van der Waals surface area contributed by atoms with Crippen LogP contribution < -0.4 is 5.32 Å². The van der Waals surface area contributed by atoms with Gasteiger partial charge in [-0.1, -0.05) is 6.92 Å². The summed E-state index contributed by atoms with van der Waals surface area (Å²) in [6.45, 7) is 7.99. The fourth-order valence-corrected chi connectivity index (χ4v) is 1.98. The molecular weight excluding hydrogens is 270 g/mol. The zero-order chi connectivity index (χ0) is 12.1. The van der Waals surface area contributed by atoms with Gasteiger partial charge in [-0.2, -0.15) is 5.10 Å². The first kappa shape index (κ1) is 13.4. The van der Waals surface area contributed by atoms with Gasteiger partial charge in [0.05, 0.1) is 28.8 Å². The molecule has 0 saturated carbocycles. The van der Waals surface area contributed by atoms with E-state index in [9.17, 15) is 4.79 Å². The number of likely N-dealkylation sites (N-methyl/N-ethyl adjacent to an activating group) is 1. The Bertz CT molecular complexity index is 374. The van der Waals surface area contributed by atoms with Gasteiger partial charge in [0.1, 0.15) is 0 Å². The normalized spacial score (nSPS) is 10.8. The Morgan fingerprint density at radius 2 is 2.19 bits per heavy atom. The summed E-state index contributed by atoms with van der Waals surface area (Å²) in [7, 11) is 0. The van der Waals surface area contributed by atoms with Crippen LogP contribution in [0.1, 0.15) is 25.2 Å². The first-order chi connectivity index (χ1) is 7.60. The summed E-state index contributed by atoms with van der Waals surface area (Å²) in [6.07, 6.45) is 0.433. The van der Waals surface area contributed by atoms with E-state index in [-0.39, 0.29) is 5.78 Å². The van der Waals surface area contributed by atoms with Gasteiger partial charge in [0.25, 0.3) is 0 Å². The van der Waals surface area contributed by atoms with Crippen LogP contribution in [0.5, 0.6) is 0 Å². The van der Waals surface area contributed by atoms with Crippen molar-refractivity contribution in [1.82, 2.24) is 15.1 Å². The number of nitrogens with one attached hydrogen (secondary N) is 1. The van der Waals surface area contributed by atoms with Crippen LogP contribution in [0, 0.1) is 6.92 Å². The third-order valence-corrected chi connectivity index (χ3v) is 3.42. The van der Waals surface area contributed by atoms with E-state index in [1.165, 1.54) is 0 Å². The van der Waals surface area contributed by atoms with E-state index < -0.39 is 0 Å². The largest absolute Gasteiger partial charge is 0.310 e. The number of ketones is 1. The summed E-state index contributed by atoms with van der Waals surface area (Å²) < 4.78 is 2.84. The second kappa shape index (κ2) is 6.15. The van der Waals surface area contributed by atoms with Crippen LogP contribution in [0.3, 0.4) is 0 Å². The SMILES string of the molecule is CCNCC(=O)Cc1c(Br)c(C)nn1CC. The van der Waals surface area contributed by atoms with E-state index >= 15 is 0 Å². The van der Waals surface area contributed by atoms with Crippen LogP contribution in [-0.2, 0) is 17.8 Å². The molecule has 4 nitrogen and oxygen atoms in total. The van der Waals surface area contributed by atoms with Gasteiger partial charge in [-0.05, 0) is 36.3 Å². The van der Waals surface area contributed by atoms with Crippen molar-refractivity contribution in [3.63, 3.8) is 0 Å². The number of hydrogen-bond donors (Lipinski definition) is 1. The molecule has 1 aromatic rings. The van der Waals surface area contributed by atoms with Crippen LogP contribution in [0.4, 0.5) is 0 Å². The zero-order valence-electron chi connectivity index (χ0n) is 10.0. The van der Waals surface area contributed by atoms with Gasteiger partial charge < -0.3 is 5.32 Å². The Balaban J connectivity index is 2.75. The maximum Gasteiger partial charge on any atom is 0.152 e. The summed E-state index contributed by atoms with van der Waals surface area (Å²) in [5.41, 5.74) is 1.91. The highest BCUT2D eigenvalue weighted by atomic mass is 79.9. The van der Waals surface area contributed by atoms with E-state index in [4.69, 9.17) is 0 Å². The van der Waals surface area contributed by atoms with Crippen LogP contribution in [-0.4, -0.2) is 28.7 Å². The van der Waals surface area contributed by atoms with Crippen molar-refractivity contribution in [2.75, 3.05) is 13.1 Å². The standard InChI is InChI=1S/C11H18BrN3O/c1-4-13-7-9(16)6-10-11(12)8(3)14-15(10)5-2/h13H,4-7H2,1-3H3. The van der Waals surface area contributed by atoms with E-state index in [2.05, 4.69) is 26.3 Å². The van der Waals surface area contributed by atoms with Crippen molar-refractivity contribution in [3.05, 3.63) is 15.9 Å². The molecule has 1 rings (SSSR count). The second-order valence-corrected chi connectivity index (χ2v) is 4.45. The predicted molar refractivity (Wildman–Crippen MR) is 67.6 cm³/mol. The molecular formula is C11H18BrN3O. The number of nitrogens with zero attached hydrogens (tertiary/aromatic N) is 2. The van der Waals surface area contributed by atoms with Gasteiger partial charge in [-0.15, -0.1) is 0 Å². The lowest BCUT2D eigenvalue weighted by molar-refractivity contribution is -0.117. The molecule has 1 heterocycles. The number of rotatable bonds is 6. The first-order valence-corrected chi connectivity index (χ1v) is 6.33. The molecule has 90 valence electrons. The van der Waals surface area contributed by atoms with Gasteiger partial charge in [0, 0.05) is 6.54 Å².